The summed E-state index contributed by atoms with van der Waals surface area (Å²) in [5.41, 5.74) is 8.34. The van der Waals surface area contributed by atoms with Crippen LogP contribution >= 0.6 is 23.2 Å². The van der Waals surface area contributed by atoms with Crippen molar-refractivity contribution in [2.75, 3.05) is 7.11 Å². The summed E-state index contributed by atoms with van der Waals surface area (Å²) < 4.78 is 8.32. The molecule has 1 aliphatic heterocycles. The lowest BCUT2D eigenvalue weighted by Crippen LogP contribution is -2.20. The standard InChI is InChI=1S/C32H32Cl2N4O3/c1-16(2)38-26-15-36-32(40)29(26)37-31(38)25-12-20(14-35-19(5)39)27(23-10-9-21(33)11-18(23)4)28(30(25)41-6)24-13-22(34)8-7-17(24)3/h7-13,16H,14-15H2,1-6H3,(H,35,39)(H,36,40). The van der Waals surface area contributed by atoms with E-state index in [4.69, 9.17) is 32.9 Å². The summed E-state index contributed by atoms with van der Waals surface area (Å²) in [5.74, 6) is 0.872. The summed E-state index contributed by atoms with van der Waals surface area (Å²) in [4.78, 5) is 29.7. The fourth-order valence-corrected chi connectivity index (χ4v) is 6.00. The average Bonchev–Trinajstić information content (AvgIpc) is 3.47. The Labute approximate surface area is 249 Å². The van der Waals surface area contributed by atoms with Crippen molar-refractivity contribution in [2.45, 2.75) is 53.8 Å². The number of nitrogens with one attached hydrogen (secondary N) is 2. The molecule has 7 nitrogen and oxygen atoms in total. The molecule has 0 spiro atoms. The van der Waals surface area contributed by atoms with Gasteiger partial charge in [-0.05, 0) is 91.4 Å². The minimum absolute atomic E-state index is 0.0204. The molecule has 4 aromatic rings. The Balaban J connectivity index is 1.96. The number of aryl methyl sites for hydroxylation is 2. The first-order valence-corrected chi connectivity index (χ1v) is 14.2. The smallest absolute Gasteiger partial charge is 0.272 e. The summed E-state index contributed by atoms with van der Waals surface area (Å²) in [6.07, 6.45) is 0. The van der Waals surface area contributed by atoms with Crippen molar-refractivity contribution in [3.05, 3.63) is 80.6 Å². The van der Waals surface area contributed by atoms with Gasteiger partial charge in [-0.25, -0.2) is 4.98 Å². The molecule has 1 aliphatic rings. The summed E-state index contributed by atoms with van der Waals surface area (Å²) in [7, 11) is 1.64. The minimum atomic E-state index is -0.197. The van der Waals surface area contributed by atoms with Gasteiger partial charge in [0.05, 0.1) is 24.9 Å². The monoisotopic (exact) mass is 590 g/mol. The van der Waals surface area contributed by atoms with E-state index in [1.54, 1.807) is 7.11 Å². The van der Waals surface area contributed by atoms with Gasteiger partial charge in [-0.1, -0.05) is 35.3 Å². The summed E-state index contributed by atoms with van der Waals surface area (Å²) in [6, 6.07) is 13.6. The molecule has 2 amide bonds. The Kier molecular flexibility index (Phi) is 7.86. The molecule has 212 valence electrons. The van der Waals surface area contributed by atoms with Crippen LogP contribution in [0.2, 0.25) is 10.0 Å². The van der Waals surface area contributed by atoms with Crippen LogP contribution in [0.1, 0.15) is 59.7 Å². The Morgan fingerprint density at radius 1 is 1.02 bits per heavy atom. The fourth-order valence-electron chi connectivity index (χ4n) is 5.60. The second-order valence-corrected chi connectivity index (χ2v) is 11.4. The second kappa shape index (κ2) is 11.2. The Morgan fingerprint density at radius 3 is 2.39 bits per heavy atom. The topological polar surface area (TPSA) is 85.2 Å². The zero-order chi connectivity index (χ0) is 29.6. The maximum absolute atomic E-state index is 12.7. The van der Waals surface area contributed by atoms with Gasteiger partial charge in [0.15, 0.2) is 5.69 Å². The number of rotatable bonds is 7. The number of carbonyl (C=O) groups is 2. The fraction of sp³-hybridized carbons (Fsp3) is 0.281. The van der Waals surface area contributed by atoms with Gasteiger partial charge in [0.1, 0.15) is 11.6 Å². The number of fused-ring (bicyclic) bond motifs is 1. The third-order valence-electron chi connectivity index (χ3n) is 7.42. The lowest BCUT2D eigenvalue weighted by Gasteiger charge is -2.25. The highest BCUT2D eigenvalue weighted by Gasteiger charge is 2.32. The number of ether oxygens (including phenoxy) is 1. The molecule has 3 aromatic carbocycles. The molecule has 1 aromatic heterocycles. The lowest BCUT2D eigenvalue weighted by molar-refractivity contribution is -0.119. The average molecular weight is 592 g/mol. The maximum atomic E-state index is 12.7. The van der Waals surface area contributed by atoms with Gasteiger partial charge >= 0.3 is 0 Å². The zero-order valence-electron chi connectivity index (χ0n) is 23.9. The summed E-state index contributed by atoms with van der Waals surface area (Å²) >= 11 is 12.9. The predicted octanol–water partition coefficient (Wildman–Crippen LogP) is 7.28. The van der Waals surface area contributed by atoms with Crippen molar-refractivity contribution >= 4 is 35.0 Å². The lowest BCUT2D eigenvalue weighted by atomic mass is 9.84. The summed E-state index contributed by atoms with van der Waals surface area (Å²) in [6.45, 7) is 10.3. The number of methoxy groups -OCH3 is 1. The first kappa shape index (κ1) is 28.7. The Morgan fingerprint density at radius 2 is 1.73 bits per heavy atom. The summed E-state index contributed by atoms with van der Waals surface area (Å²) in [5, 5.41) is 7.07. The molecule has 0 bridgehead atoms. The number of aromatic nitrogens is 2. The number of nitrogens with zero attached hydrogens (tertiary/aromatic N) is 2. The van der Waals surface area contributed by atoms with E-state index in [0.717, 1.165) is 44.6 Å². The zero-order valence-corrected chi connectivity index (χ0v) is 25.4. The van der Waals surface area contributed by atoms with Crippen molar-refractivity contribution < 1.29 is 14.3 Å². The number of benzene rings is 3. The number of imidazole rings is 1. The third kappa shape index (κ3) is 5.20. The molecular formula is C32H32Cl2N4O3. The number of carbonyl (C=O) groups excluding carboxylic acids is 2. The van der Waals surface area contributed by atoms with Crippen LogP contribution in [0.5, 0.6) is 5.75 Å². The largest absolute Gasteiger partial charge is 0.495 e. The van der Waals surface area contributed by atoms with Crippen LogP contribution in [0.3, 0.4) is 0 Å². The molecule has 0 saturated carbocycles. The quantitative estimate of drug-likeness (QED) is 0.237. The van der Waals surface area contributed by atoms with Crippen LogP contribution in [0.4, 0.5) is 0 Å². The molecule has 0 radical (unpaired) electrons. The molecule has 0 saturated heterocycles. The number of hydrogen-bond acceptors (Lipinski definition) is 4. The van der Waals surface area contributed by atoms with Crippen LogP contribution in [0.15, 0.2) is 42.5 Å². The first-order valence-electron chi connectivity index (χ1n) is 13.4. The van der Waals surface area contributed by atoms with Gasteiger partial charge in [-0.2, -0.15) is 0 Å². The van der Waals surface area contributed by atoms with E-state index in [2.05, 4.69) is 29.0 Å². The van der Waals surface area contributed by atoms with E-state index in [9.17, 15) is 9.59 Å². The third-order valence-corrected chi connectivity index (χ3v) is 7.89. The molecule has 5 rings (SSSR count). The van der Waals surface area contributed by atoms with Crippen molar-refractivity contribution in [1.82, 2.24) is 20.2 Å². The second-order valence-electron chi connectivity index (χ2n) is 10.6. The molecule has 0 fully saturated rings. The number of halogens is 2. The molecule has 2 N–H and O–H groups in total. The van der Waals surface area contributed by atoms with E-state index in [1.807, 2.05) is 56.3 Å². The Hall–Kier alpha value is -3.81. The SMILES string of the molecule is COc1c(-c2nc3c(n2C(C)C)CNC3=O)cc(CNC(C)=O)c(-c2ccc(Cl)cc2C)c1-c1cc(Cl)ccc1C. The molecular weight excluding hydrogens is 559 g/mol. The highest BCUT2D eigenvalue weighted by atomic mass is 35.5. The van der Waals surface area contributed by atoms with Gasteiger partial charge < -0.3 is 19.9 Å². The van der Waals surface area contributed by atoms with Crippen LogP contribution in [0.25, 0.3) is 33.6 Å². The van der Waals surface area contributed by atoms with Crippen LogP contribution in [0, 0.1) is 13.8 Å². The van der Waals surface area contributed by atoms with Crippen molar-refractivity contribution in [1.29, 1.82) is 0 Å². The van der Waals surface area contributed by atoms with Crippen LogP contribution in [-0.2, 0) is 17.9 Å². The predicted molar refractivity (Wildman–Crippen MR) is 164 cm³/mol. The normalized spacial score (nSPS) is 12.5. The van der Waals surface area contributed by atoms with E-state index in [-0.39, 0.29) is 24.4 Å². The van der Waals surface area contributed by atoms with E-state index >= 15 is 0 Å². The van der Waals surface area contributed by atoms with Crippen LogP contribution < -0.4 is 15.4 Å². The van der Waals surface area contributed by atoms with E-state index in [0.29, 0.717) is 39.4 Å². The van der Waals surface area contributed by atoms with Gasteiger partial charge in [-0.3, -0.25) is 9.59 Å². The van der Waals surface area contributed by atoms with E-state index in [1.165, 1.54) is 6.92 Å². The molecule has 0 atom stereocenters. The van der Waals surface area contributed by atoms with Gasteiger partial charge in [0.25, 0.3) is 5.91 Å². The highest BCUT2D eigenvalue weighted by Crippen LogP contribution is 2.49. The highest BCUT2D eigenvalue weighted by molar-refractivity contribution is 6.31. The van der Waals surface area contributed by atoms with Crippen LogP contribution in [-0.4, -0.2) is 28.5 Å². The maximum Gasteiger partial charge on any atom is 0.272 e. The molecule has 0 aliphatic carbocycles. The van der Waals surface area contributed by atoms with Crippen molar-refractivity contribution in [3.8, 4) is 39.4 Å². The first-order chi connectivity index (χ1) is 19.5. The number of amides is 2. The molecule has 0 unspecified atom stereocenters. The van der Waals surface area contributed by atoms with Gasteiger partial charge in [-0.15, -0.1) is 0 Å². The van der Waals surface area contributed by atoms with Crippen molar-refractivity contribution in [3.63, 3.8) is 0 Å². The Bertz CT molecular complexity index is 1710. The van der Waals surface area contributed by atoms with Gasteiger partial charge in [0, 0.05) is 35.1 Å². The molecule has 2 heterocycles. The molecule has 41 heavy (non-hydrogen) atoms. The van der Waals surface area contributed by atoms with Gasteiger partial charge in [0.2, 0.25) is 5.91 Å². The molecule has 9 heteroatoms. The number of hydrogen-bond donors (Lipinski definition) is 2. The van der Waals surface area contributed by atoms with Crippen molar-refractivity contribution in [2.24, 2.45) is 0 Å². The van der Waals surface area contributed by atoms with E-state index < -0.39 is 0 Å². The minimum Gasteiger partial charge on any atom is -0.495 e.